The predicted octanol–water partition coefficient (Wildman–Crippen LogP) is 8.05. The third-order valence-electron chi connectivity index (χ3n) is 12.2. The molecule has 1 saturated carbocycles. The van der Waals surface area contributed by atoms with Crippen molar-refractivity contribution in [3.05, 3.63) is 77.4 Å². The third kappa shape index (κ3) is 8.21. The number of amides is 4. The van der Waals surface area contributed by atoms with Gasteiger partial charge >= 0.3 is 12.2 Å². The first-order valence-corrected chi connectivity index (χ1v) is 20.8. The summed E-state index contributed by atoms with van der Waals surface area (Å²) in [5, 5.41) is 4.15. The Morgan fingerprint density at radius 3 is 2.07 bits per heavy atom. The lowest BCUT2D eigenvalue weighted by atomic mass is 9.78. The standard InChI is InChI=1S/C45H57N7O6/c1-26(2)38(49-44(55)57-5)43(54)51-24-10-15-37(51)40-33-14-9-13-32(33)39(48-40)31-22-18-29(19-23-31)28-16-20-30(21-17-28)36-25-46-41(47-36)34-11-7-8-12-35(34)42(53)52(27(3)4)50-45(56)58-6/h16-23,25-27,34-35,37-38,48H,7-15,24H2,1-6H3,(H,46,47)(H,49,55)(H,50,56)/t34?,35?,37-,38-/m0/s1. The van der Waals surface area contributed by atoms with E-state index < -0.39 is 18.2 Å². The lowest BCUT2D eigenvalue weighted by molar-refractivity contribution is -0.142. The van der Waals surface area contributed by atoms with Gasteiger partial charge in [-0.1, -0.05) is 75.2 Å². The van der Waals surface area contributed by atoms with E-state index in [1.807, 2.05) is 38.8 Å². The maximum Gasteiger partial charge on any atom is 0.425 e. The summed E-state index contributed by atoms with van der Waals surface area (Å²) < 4.78 is 9.59. The number of carbonyl (C=O) groups is 4. The molecule has 1 aliphatic heterocycles. The number of hydrogen-bond acceptors (Lipinski definition) is 7. The van der Waals surface area contributed by atoms with Crippen LogP contribution in [0.4, 0.5) is 9.59 Å². The Bertz CT molecular complexity index is 2100. The molecule has 4 atom stereocenters. The van der Waals surface area contributed by atoms with E-state index in [0.717, 1.165) is 103 Å². The van der Waals surface area contributed by atoms with Crippen LogP contribution in [0.5, 0.6) is 0 Å². The summed E-state index contributed by atoms with van der Waals surface area (Å²) >= 11 is 0. The van der Waals surface area contributed by atoms with Crippen LogP contribution in [-0.4, -0.2) is 81.7 Å². The molecule has 0 radical (unpaired) electrons. The molecule has 2 aliphatic carbocycles. The van der Waals surface area contributed by atoms with Gasteiger partial charge < -0.3 is 29.7 Å². The molecule has 3 heterocycles. The number of methoxy groups -OCH3 is 2. The molecule has 4 amide bonds. The van der Waals surface area contributed by atoms with Gasteiger partial charge in [-0.05, 0) is 98.1 Å². The van der Waals surface area contributed by atoms with Gasteiger partial charge in [0.05, 0.1) is 32.2 Å². The Morgan fingerprint density at radius 1 is 0.776 bits per heavy atom. The van der Waals surface area contributed by atoms with Gasteiger partial charge in [0.15, 0.2) is 0 Å². The average Bonchev–Trinajstić information content (AvgIpc) is 4.07. The van der Waals surface area contributed by atoms with Crippen molar-refractivity contribution in [1.29, 1.82) is 0 Å². The van der Waals surface area contributed by atoms with E-state index in [1.54, 1.807) is 0 Å². The molecular formula is C45H57N7O6. The molecule has 0 bridgehead atoms. The number of rotatable bonds is 10. The zero-order valence-corrected chi connectivity index (χ0v) is 34.5. The largest absolute Gasteiger partial charge is 0.453 e. The number of aromatic amines is 2. The third-order valence-corrected chi connectivity index (χ3v) is 12.2. The van der Waals surface area contributed by atoms with E-state index >= 15 is 0 Å². The number of imidazole rings is 1. The SMILES string of the molecule is COC(=O)N[C@H](C(=O)N1CCC[C@H]1c1[nH]c(-c2ccc(-c3ccc(-c4cnc(C5CCCCC5C(=O)N(NC(=O)OC)C(C)C)[nH]4)cc3)cc2)c2c1CCC2)C(C)C. The van der Waals surface area contributed by atoms with Crippen LogP contribution in [0.15, 0.2) is 54.7 Å². The van der Waals surface area contributed by atoms with Crippen molar-refractivity contribution in [3.63, 3.8) is 0 Å². The predicted molar refractivity (Wildman–Crippen MR) is 221 cm³/mol. The van der Waals surface area contributed by atoms with Crippen molar-refractivity contribution in [1.82, 2.24) is 35.6 Å². The highest BCUT2D eigenvalue weighted by atomic mass is 16.5. The number of benzene rings is 2. The van der Waals surface area contributed by atoms with Crippen LogP contribution in [0, 0.1) is 11.8 Å². The van der Waals surface area contributed by atoms with Gasteiger partial charge in [-0.2, -0.15) is 0 Å². The molecule has 58 heavy (non-hydrogen) atoms. The number of hydrogen-bond donors (Lipinski definition) is 4. The van der Waals surface area contributed by atoms with Crippen LogP contribution in [-0.2, 0) is 31.9 Å². The Kier molecular flexibility index (Phi) is 12.2. The quantitative estimate of drug-likeness (QED) is 0.118. The summed E-state index contributed by atoms with van der Waals surface area (Å²) in [5.74, 6) is 0.123. The van der Waals surface area contributed by atoms with E-state index in [9.17, 15) is 19.2 Å². The molecule has 1 saturated heterocycles. The summed E-state index contributed by atoms with van der Waals surface area (Å²) in [6.07, 6.45) is 8.96. The number of likely N-dealkylation sites (tertiary alicyclic amines) is 1. The fraction of sp³-hybridized carbons (Fsp3) is 0.489. The van der Waals surface area contributed by atoms with Crippen LogP contribution in [0.25, 0.3) is 33.6 Å². The average molecular weight is 792 g/mol. The molecule has 3 aliphatic rings. The lowest BCUT2D eigenvalue weighted by Gasteiger charge is -2.35. The first kappa shape index (κ1) is 40.6. The van der Waals surface area contributed by atoms with Gasteiger partial charge in [0.2, 0.25) is 11.8 Å². The second-order valence-electron chi connectivity index (χ2n) is 16.5. The zero-order chi connectivity index (χ0) is 41.1. The van der Waals surface area contributed by atoms with Crippen LogP contribution < -0.4 is 10.7 Å². The molecule has 13 heteroatoms. The van der Waals surface area contributed by atoms with Crippen molar-refractivity contribution in [2.24, 2.45) is 11.8 Å². The van der Waals surface area contributed by atoms with Gasteiger partial charge in [0.25, 0.3) is 0 Å². The summed E-state index contributed by atoms with van der Waals surface area (Å²) in [6, 6.07) is 16.1. The first-order chi connectivity index (χ1) is 28.0. The summed E-state index contributed by atoms with van der Waals surface area (Å²) in [4.78, 5) is 65.7. The van der Waals surface area contributed by atoms with Gasteiger partial charge in [-0.15, -0.1) is 0 Å². The number of carbonyl (C=O) groups excluding carboxylic acids is 4. The van der Waals surface area contributed by atoms with Gasteiger partial charge in [0.1, 0.15) is 11.9 Å². The van der Waals surface area contributed by atoms with Crippen molar-refractivity contribution >= 4 is 24.0 Å². The maximum atomic E-state index is 13.9. The van der Waals surface area contributed by atoms with Gasteiger partial charge in [0, 0.05) is 35.8 Å². The minimum atomic E-state index is -0.664. The van der Waals surface area contributed by atoms with Crippen molar-refractivity contribution in [3.8, 4) is 33.6 Å². The fourth-order valence-corrected chi connectivity index (χ4v) is 9.20. The van der Waals surface area contributed by atoms with E-state index in [1.165, 1.54) is 30.4 Å². The second-order valence-corrected chi connectivity index (χ2v) is 16.5. The molecule has 7 rings (SSSR count). The number of H-pyrrole nitrogens is 2. The number of alkyl carbamates (subject to hydrolysis) is 1. The highest BCUT2D eigenvalue weighted by molar-refractivity contribution is 5.87. The molecule has 4 N–H and O–H groups in total. The maximum absolute atomic E-state index is 13.9. The number of hydrazine groups is 1. The highest BCUT2D eigenvalue weighted by Crippen LogP contribution is 2.43. The number of fused-ring (bicyclic) bond motifs is 1. The fourth-order valence-electron chi connectivity index (χ4n) is 9.20. The molecule has 13 nitrogen and oxygen atoms in total. The monoisotopic (exact) mass is 791 g/mol. The van der Waals surface area contributed by atoms with Crippen molar-refractivity contribution in [2.75, 3.05) is 20.8 Å². The van der Waals surface area contributed by atoms with Crippen molar-refractivity contribution < 1.29 is 28.7 Å². The Hall–Kier alpha value is -5.59. The number of nitrogens with zero attached hydrogens (tertiary/aromatic N) is 3. The smallest absolute Gasteiger partial charge is 0.425 e. The van der Waals surface area contributed by atoms with Crippen LogP contribution >= 0.6 is 0 Å². The normalized spacial score (nSPS) is 19.5. The van der Waals surface area contributed by atoms with Crippen LogP contribution in [0.1, 0.15) is 107 Å². The molecule has 4 aromatic rings. The Labute approximate surface area is 340 Å². The molecule has 2 fully saturated rings. The molecular weight excluding hydrogens is 735 g/mol. The van der Waals surface area contributed by atoms with Crippen LogP contribution in [0.2, 0.25) is 0 Å². The summed E-state index contributed by atoms with van der Waals surface area (Å²) in [5.41, 5.74) is 12.8. The van der Waals surface area contributed by atoms with Crippen LogP contribution in [0.3, 0.4) is 0 Å². The number of aromatic nitrogens is 3. The topological polar surface area (TPSA) is 162 Å². The molecule has 308 valence electrons. The number of ether oxygens (including phenoxy) is 2. The minimum Gasteiger partial charge on any atom is -0.453 e. The molecule has 2 unspecified atom stereocenters. The summed E-state index contributed by atoms with van der Waals surface area (Å²) in [7, 11) is 2.60. The van der Waals surface area contributed by atoms with Gasteiger partial charge in [-0.3, -0.25) is 9.59 Å². The number of nitrogens with one attached hydrogen (secondary N) is 4. The highest BCUT2D eigenvalue weighted by Gasteiger charge is 2.40. The van der Waals surface area contributed by atoms with E-state index in [2.05, 4.69) is 69.2 Å². The molecule has 2 aromatic heterocycles. The Morgan fingerprint density at radius 2 is 1.41 bits per heavy atom. The van der Waals surface area contributed by atoms with E-state index in [0.29, 0.717) is 6.54 Å². The molecule has 0 spiro atoms. The van der Waals surface area contributed by atoms with Crippen molar-refractivity contribution in [2.45, 2.75) is 110 Å². The second kappa shape index (κ2) is 17.5. The summed E-state index contributed by atoms with van der Waals surface area (Å²) in [6.45, 7) is 8.27. The first-order valence-electron chi connectivity index (χ1n) is 20.8. The van der Waals surface area contributed by atoms with E-state index in [-0.39, 0.29) is 41.7 Å². The molecule has 2 aromatic carbocycles. The van der Waals surface area contributed by atoms with E-state index in [4.69, 9.17) is 14.5 Å². The Balaban J connectivity index is 1.06. The zero-order valence-electron chi connectivity index (χ0n) is 34.5. The minimum absolute atomic E-state index is 0.0605. The lowest BCUT2D eigenvalue weighted by Crippen LogP contribution is -2.53. The van der Waals surface area contributed by atoms with Gasteiger partial charge in [-0.25, -0.2) is 25.0 Å².